The van der Waals surface area contributed by atoms with Gasteiger partial charge < -0.3 is 10.1 Å². The summed E-state index contributed by atoms with van der Waals surface area (Å²) in [5, 5.41) is 5.38. The van der Waals surface area contributed by atoms with Crippen LogP contribution in [0.2, 0.25) is 0 Å². The molecule has 0 aliphatic rings. The Bertz CT molecular complexity index is 712. The maximum atomic E-state index is 12.6. The number of thiazole rings is 1. The zero-order chi connectivity index (χ0) is 17.7. The predicted octanol–water partition coefficient (Wildman–Crippen LogP) is 2.69. The van der Waals surface area contributed by atoms with E-state index in [-0.39, 0.29) is 18.2 Å². The zero-order valence-corrected chi connectivity index (χ0v) is 15.0. The van der Waals surface area contributed by atoms with Gasteiger partial charge in [-0.15, -0.1) is 11.3 Å². The van der Waals surface area contributed by atoms with Gasteiger partial charge in [0.15, 0.2) is 5.13 Å². The number of anilines is 1. The van der Waals surface area contributed by atoms with Crippen molar-refractivity contribution in [2.75, 3.05) is 19.1 Å². The van der Waals surface area contributed by atoms with Gasteiger partial charge in [0.25, 0.3) is 0 Å². The van der Waals surface area contributed by atoms with Crippen molar-refractivity contribution in [2.45, 2.75) is 26.3 Å². The fourth-order valence-corrected chi connectivity index (χ4v) is 3.03. The van der Waals surface area contributed by atoms with E-state index < -0.39 is 6.04 Å². The van der Waals surface area contributed by atoms with E-state index in [2.05, 4.69) is 10.3 Å². The Hall–Kier alpha value is -2.41. The first-order valence-electron chi connectivity index (χ1n) is 7.50. The van der Waals surface area contributed by atoms with Crippen molar-refractivity contribution in [2.24, 2.45) is 0 Å². The van der Waals surface area contributed by atoms with Crippen LogP contribution in [0.4, 0.5) is 5.13 Å². The van der Waals surface area contributed by atoms with Crippen LogP contribution in [-0.4, -0.2) is 31.0 Å². The number of carbonyl (C=O) groups excluding carboxylic acids is 2. The van der Waals surface area contributed by atoms with Crippen molar-refractivity contribution >= 4 is 28.3 Å². The van der Waals surface area contributed by atoms with Crippen molar-refractivity contribution in [1.29, 1.82) is 0 Å². The van der Waals surface area contributed by atoms with E-state index in [0.717, 1.165) is 17.0 Å². The van der Waals surface area contributed by atoms with Crippen LogP contribution >= 0.6 is 11.3 Å². The second-order valence-electron chi connectivity index (χ2n) is 5.45. The van der Waals surface area contributed by atoms with Crippen molar-refractivity contribution in [3.8, 4) is 5.75 Å². The maximum Gasteiger partial charge on any atom is 0.230 e. The molecule has 6 nitrogen and oxygen atoms in total. The lowest BCUT2D eigenvalue weighted by Crippen LogP contribution is -2.33. The van der Waals surface area contributed by atoms with Crippen LogP contribution in [0, 0.1) is 6.92 Å². The Labute approximate surface area is 145 Å². The van der Waals surface area contributed by atoms with E-state index in [1.807, 2.05) is 36.6 Å². The van der Waals surface area contributed by atoms with Gasteiger partial charge >= 0.3 is 0 Å². The lowest BCUT2D eigenvalue weighted by atomic mass is 10.0. The van der Waals surface area contributed by atoms with E-state index in [4.69, 9.17) is 4.74 Å². The number of nitrogens with one attached hydrogen (secondary N) is 1. The van der Waals surface area contributed by atoms with E-state index in [1.165, 1.54) is 23.2 Å². The van der Waals surface area contributed by atoms with Gasteiger partial charge in [0.2, 0.25) is 11.8 Å². The first-order valence-corrected chi connectivity index (χ1v) is 8.38. The van der Waals surface area contributed by atoms with Crippen molar-refractivity contribution in [3.05, 3.63) is 40.9 Å². The van der Waals surface area contributed by atoms with Crippen molar-refractivity contribution in [1.82, 2.24) is 10.3 Å². The molecule has 0 saturated carbocycles. The number of aromatic nitrogens is 1. The second kappa shape index (κ2) is 7.92. The molecule has 2 rings (SSSR count). The molecule has 7 heteroatoms. The highest BCUT2D eigenvalue weighted by atomic mass is 32.1. The number of nitrogens with zero attached hydrogens (tertiary/aromatic N) is 2. The summed E-state index contributed by atoms with van der Waals surface area (Å²) in [7, 11) is 3.29. The lowest BCUT2D eigenvalue weighted by molar-refractivity contribution is -0.121. The molecule has 0 spiro atoms. The summed E-state index contributed by atoms with van der Waals surface area (Å²) in [4.78, 5) is 29.9. The largest absolute Gasteiger partial charge is 0.497 e. The zero-order valence-electron chi connectivity index (χ0n) is 14.2. The minimum Gasteiger partial charge on any atom is -0.497 e. The SMILES string of the molecule is COc1ccc([C@H](CC(=O)N(C)c2nc(C)cs2)NC(C)=O)cc1. The number of hydrogen-bond donors (Lipinski definition) is 1. The van der Waals surface area contributed by atoms with Gasteiger partial charge in [-0.25, -0.2) is 4.98 Å². The summed E-state index contributed by atoms with van der Waals surface area (Å²) in [6, 6.07) is 6.91. The Morgan fingerprint density at radius 3 is 2.50 bits per heavy atom. The normalized spacial score (nSPS) is 11.7. The lowest BCUT2D eigenvalue weighted by Gasteiger charge is -2.21. The van der Waals surface area contributed by atoms with Gasteiger partial charge in [-0.1, -0.05) is 12.1 Å². The molecule has 1 aromatic heterocycles. The average molecular weight is 347 g/mol. The summed E-state index contributed by atoms with van der Waals surface area (Å²) >= 11 is 1.42. The van der Waals surface area contributed by atoms with Crippen LogP contribution in [0.3, 0.4) is 0 Å². The van der Waals surface area contributed by atoms with E-state index in [9.17, 15) is 9.59 Å². The third-order valence-electron chi connectivity index (χ3n) is 3.54. The number of hydrogen-bond acceptors (Lipinski definition) is 5. The van der Waals surface area contributed by atoms with E-state index in [0.29, 0.717) is 5.13 Å². The van der Waals surface area contributed by atoms with E-state index >= 15 is 0 Å². The summed E-state index contributed by atoms with van der Waals surface area (Å²) < 4.78 is 5.14. The van der Waals surface area contributed by atoms with Gasteiger partial charge in [-0.05, 0) is 24.6 Å². The summed E-state index contributed by atoms with van der Waals surface area (Å²) in [6.07, 6.45) is 0.154. The molecule has 0 fully saturated rings. The summed E-state index contributed by atoms with van der Waals surface area (Å²) in [5.74, 6) is 0.428. The van der Waals surface area contributed by atoms with Crippen LogP contribution < -0.4 is 15.0 Å². The molecule has 128 valence electrons. The van der Waals surface area contributed by atoms with Gasteiger partial charge in [0.05, 0.1) is 25.3 Å². The number of carbonyl (C=O) groups is 2. The van der Waals surface area contributed by atoms with Gasteiger partial charge in [-0.2, -0.15) is 0 Å². The van der Waals surface area contributed by atoms with Gasteiger partial charge in [0, 0.05) is 19.4 Å². The molecular weight excluding hydrogens is 326 g/mol. The average Bonchev–Trinajstić information content (AvgIpc) is 2.99. The molecule has 2 aromatic rings. The summed E-state index contributed by atoms with van der Waals surface area (Å²) in [6.45, 7) is 3.32. The highest BCUT2D eigenvalue weighted by Crippen LogP contribution is 2.24. The van der Waals surface area contributed by atoms with Crippen LogP contribution in [-0.2, 0) is 9.59 Å². The Morgan fingerprint density at radius 1 is 1.33 bits per heavy atom. The first-order chi connectivity index (χ1) is 11.4. The number of benzene rings is 1. The molecule has 0 aliphatic carbocycles. The number of ether oxygens (including phenoxy) is 1. The minimum atomic E-state index is -0.399. The van der Waals surface area contributed by atoms with Crippen LogP contribution in [0.15, 0.2) is 29.6 Å². The van der Waals surface area contributed by atoms with Gasteiger partial charge in [0.1, 0.15) is 5.75 Å². The molecule has 1 heterocycles. The molecule has 24 heavy (non-hydrogen) atoms. The predicted molar refractivity (Wildman–Crippen MR) is 94.4 cm³/mol. The Morgan fingerprint density at radius 2 is 2.00 bits per heavy atom. The molecule has 0 radical (unpaired) electrons. The molecule has 0 aliphatic heterocycles. The monoisotopic (exact) mass is 347 g/mol. The van der Waals surface area contributed by atoms with Crippen molar-refractivity contribution in [3.63, 3.8) is 0 Å². The van der Waals surface area contributed by atoms with Crippen molar-refractivity contribution < 1.29 is 14.3 Å². The third kappa shape index (κ3) is 4.55. The molecule has 1 atom stereocenters. The highest BCUT2D eigenvalue weighted by molar-refractivity contribution is 7.14. The number of rotatable bonds is 6. The molecule has 2 amide bonds. The summed E-state index contributed by atoms with van der Waals surface area (Å²) in [5.41, 5.74) is 1.73. The number of methoxy groups -OCH3 is 1. The molecular formula is C17H21N3O3S. The molecule has 1 aromatic carbocycles. The first kappa shape index (κ1) is 17.9. The van der Waals surface area contributed by atoms with E-state index in [1.54, 1.807) is 14.2 Å². The molecule has 0 unspecified atom stereocenters. The molecule has 0 bridgehead atoms. The smallest absolute Gasteiger partial charge is 0.230 e. The number of amides is 2. The van der Waals surface area contributed by atoms with Crippen LogP contribution in [0.25, 0.3) is 0 Å². The quantitative estimate of drug-likeness (QED) is 0.872. The van der Waals surface area contributed by atoms with Gasteiger partial charge in [-0.3, -0.25) is 14.5 Å². The molecule has 1 N–H and O–H groups in total. The topological polar surface area (TPSA) is 71.5 Å². The highest BCUT2D eigenvalue weighted by Gasteiger charge is 2.21. The number of aryl methyl sites for hydroxylation is 1. The third-order valence-corrected chi connectivity index (χ3v) is 4.58. The standard InChI is InChI=1S/C17H21N3O3S/c1-11-10-24-17(18-11)20(3)16(22)9-15(19-12(2)21)13-5-7-14(23-4)8-6-13/h5-8,10,15H,9H2,1-4H3,(H,19,21)/t15-/m0/s1. The molecule has 0 saturated heterocycles. The second-order valence-corrected chi connectivity index (χ2v) is 6.29. The maximum absolute atomic E-state index is 12.6. The minimum absolute atomic E-state index is 0.112. The Balaban J connectivity index is 2.15. The fraction of sp³-hybridized carbons (Fsp3) is 0.353. The van der Waals surface area contributed by atoms with Crippen LogP contribution in [0.5, 0.6) is 5.75 Å². The Kier molecular flexibility index (Phi) is 5.92. The fourth-order valence-electron chi connectivity index (χ4n) is 2.25. The van der Waals surface area contributed by atoms with Crippen LogP contribution in [0.1, 0.15) is 30.6 Å².